The maximum Gasteiger partial charge on any atom is 0.327 e. The monoisotopic (exact) mass is 266 g/mol. The third kappa shape index (κ3) is 2.40. The Kier molecular flexibility index (Phi) is 3.81. The molecule has 3 aliphatic heterocycles. The van der Waals surface area contributed by atoms with Gasteiger partial charge in [0, 0.05) is 12.6 Å². The van der Waals surface area contributed by atoms with E-state index in [2.05, 4.69) is 10.2 Å². The van der Waals surface area contributed by atoms with Crippen molar-refractivity contribution in [3.05, 3.63) is 0 Å². The number of nitrogens with zero attached hydrogens (tertiary/aromatic N) is 1. The molecule has 4 aliphatic rings. The molecule has 0 amide bonds. The van der Waals surface area contributed by atoms with Crippen molar-refractivity contribution in [2.45, 2.75) is 56.5 Å². The molecule has 4 nitrogen and oxygen atoms in total. The van der Waals surface area contributed by atoms with Crippen molar-refractivity contribution in [2.75, 3.05) is 26.7 Å². The highest BCUT2D eigenvalue weighted by molar-refractivity contribution is 5.82. The quantitative estimate of drug-likeness (QED) is 0.787. The summed E-state index contributed by atoms with van der Waals surface area (Å²) in [5.41, 5.74) is -0.423. The van der Waals surface area contributed by atoms with Crippen molar-refractivity contribution >= 4 is 5.97 Å². The predicted molar refractivity (Wildman–Crippen MR) is 73.9 cm³/mol. The summed E-state index contributed by atoms with van der Waals surface area (Å²) >= 11 is 0. The minimum Gasteiger partial charge on any atom is -0.468 e. The predicted octanol–water partition coefficient (Wildman–Crippen LogP) is 1.55. The molecule has 4 heteroatoms. The molecule has 1 unspecified atom stereocenters. The van der Waals surface area contributed by atoms with Gasteiger partial charge < -0.3 is 9.64 Å². The first-order chi connectivity index (χ1) is 9.24. The number of rotatable bonds is 3. The molecular weight excluding hydrogens is 240 g/mol. The highest BCUT2D eigenvalue weighted by Gasteiger charge is 2.53. The molecule has 0 aromatic rings. The molecule has 1 saturated carbocycles. The number of esters is 1. The van der Waals surface area contributed by atoms with Gasteiger partial charge in [-0.1, -0.05) is 19.3 Å². The Hall–Kier alpha value is -0.610. The summed E-state index contributed by atoms with van der Waals surface area (Å²) in [6, 6.07) is 0.508. The number of carbonyl (C=O) groups is 1. The molecule has 1 N–H and O–H groups in total. The normalized spacial score (nSPS) is 39.2. The molecule has 0 aromatic heterocycles. The SMILES string of the molecule is COC(=O)C1(NC2CCCCC2)CN2CCC1CC2. The second-order valence-corrected chi connectivity index (χ2v) is 6.49. The standard InChI is InChI=1S/C15H26N2O2/c1-19-14(18)15(16-13-5-3-2-4-6-13)11-17-9-7-12(15)8-10-17/h12-13,16H,2-11H2,1H3. The van der Waals surface area contributed by atoms with Crippen molar-refractivity contribution in [3.8, 4) is 0 Å². The van der Waals surface area contributed by atoms with E-state index in [4.69, 9.17) is 4.74 Å². The minimum absolute atomic E-state index is 0.0347. The van der Waals surface area contributed by atoms with Gasteiger partial charge in [0.1, 0.15) is 5.54 Å². The molecule has 4 rings (SSSR count). The van der Waals surface area contributed by atoms with Gasteiger partial charge in [-0.15, -0.1) is 0 Å². The van der Waals surface area contributed by atoms with E-state index in [0.717, 1.165) is 32.5 Å². The smallest absolute Gasteiger partial charge is 0.327 e. The van der Waals surface area contributed by atoms with Gasteiger partial charge in [-0.3, -0.25) is 5.32 Å². The van der Waals surface area contributed by atoms with E-state index in [0.29, 0.717) is 12.0 Å². The summed E-state index contributed by atoms with van der Waals surface area (Å²) in [7, 11) is 1.53. The second-order valence-electron chi connectivity index (χ2n) is 6.49. The zero-order chi connectivity index (χ0) is 13.3. The molecule has 3 saturated heterocycles. The van der Waals surface area contributed by atoms with E-state index < -0.39 is 5.54 Å². The molecule has 0 aromatic carbocycles. The Bertz CT molecular complexity index is 333. The molecule has 108 valence electrons. The van der Waals surface area contributed by atoms with E-state index in [1.165, 1.54) is 39.2 Å². The third-order valence-corrected chi connectivity index (χ3v) is 5.37. The van der Waals surface area contributed by atoms with Gasteiger partial charge in [-0.05, 0) is 44.7 Å². The lowest BCUT2D eigenvalue weighted by Gasteiger charge is -2.53. The largest absolute Gasteiger partial charge is 0.468 e. The van der Waals surface area contributed by atoms with Gasteiger partial charge in [0.05, 0.1) is 7.11 Å². The average Bonchev–Trinajstić information content (AvgIpc) is 2.48. The zero-order valence-corrected chi connectivity index (χ0v) is 12.0. The van der Waals surface area contributed by atoms with Gasteiger partial charge in [0.25, 0.3) is 0 Å². The van der Waals surface area contributed by atoms with Gasteiger partial charge in [0.15, 0.2) is 0 Å². The van der Waals surface area contributed by atoms with E-state index in [1.54, 1.807) is 0 Å². The van der Waals surface area contributed by atoms with Crippen LogP contribution in [0.4, 0.5) is 0 Å². The minimum atomic E-state index is -0.423. The Morgan fingerprint density at radius 1 is 1.16 bits per heavy atom. The highest BCUT2D eigenvalue weighted by Crippen LogP contribution is 2.37. The van der Waals surface area contributed by atoms with Crippen LogP contribution in [-0.2, 0) is 9.53 Å². The highest BCUT2D eigenvalue weighted by atomic mass is 16.5. The van der Waals surface area contributed by atoms with E-state index in [9.17, 15) is 4.79 Å². The van der Waals surface area contributed by atoms with Crippen molar-refractivity contribution in [2.24, 2.45) is 5.92 Å². The molecule has 19 heavy (non-hydrogen) atoms. The third-order valence-electron chi connectivity index (χ3n) is 5.37. The Balaban J connectivity index is 1.78. The van der Waals surface area contributed by atoms with Crippen molar-refractivity contribution in [3.63, 3.8) is 0 Å². The van der Waals surface area contributed by atoms with Crippen molar-refractivity contribution in [1.82, 2.24) is 10.2 Å². The number of carbonyl (C=O) groups excluding carboxylic acids is 1. The van der Waals surface area contributed by atoms with Crippen molar-refractivity contribution in [1.29, 1.82) is 0 Å². The summed E-state index contributed by atoms with van der Waals surface area (Å²) in [6.07, 6.45) is 8.63. The number of hydrogen-bond donors (Lipinski definition) is 1. The molecule has 1 atom stereocenters. The molecular formula is C15H26N2O2. The van der Waals surface area contributed by atoms with Crippen LogP contribution in [-0.4, -0.2) is 49.2 Å². The summed E-state index contributed by atoms with van der Waals surface area (Å²) in [5.74, 6) is 0.430. The fourth-order valence-corrected chi connectivity index (χ4v) is 4.31. The number of fused-ring (bicyclic) bond motifs is 3. The molecule has 2 bridgehead atoms. The summed E-state index contributed by atoms with van der Waals surface area (Å²) in [4.78, 5) is 14.9. The first-order valence-corrected chi connectivity index (χ1v) is 7.83. The first-order valence-electron chi connectivity index (χ1n) is 7.83. The van der Waals surface area contributed by atoms with Gasteiger partial charge in [0.2, 0.25) is 0 Å². The van der Waals surface area contributed by atoms with Crippen LogP contribution in [0.5, 0.6) is 0 Å². The first kappa shape index (κ1) is 13.4. The molecule has 1 aliphatic carbocycles. The summed E-state index contributed by atoms with van der Waals surface area (Å²) < 4.78 is 5.16. The van der Waals surface area contributed by atoms with Crippen LogP contribution in [0.15, 0.2) is 0 Å². The lowest BCUT2D eigenvalue weighted by Crippen LogP contribution is -2.71. The average molecular weight is 266 g/mol. The van der Waals surface area contributed by atoms with E-state index in [1.807, 2.05) is 0 Å². The summed E-state index contributed by atoms with van der Waals surface area (Å²) in [6.45, 7) is 3.15. The Morgan fingerprint density at radius 2 is 1.84 bits per heavy atom. The van der Waals surface area contributed by atoms with Gasteiger partial charge in [-0.2, -0.15) is 0 Å². The number of piperidine rings is 3. The van der Waals surface area contributed by atoms with Crippen LogP contribution < -0.4 is 5.32 Å². The lowest BCUT2D eigenvalue weighted by atomic mass is 9.72. The molecule has 0 spiro atoms. The number of methoxy groups -OCH3 is 1. The molecule has 0 radical (unpaired) electrons. The van der Waals surface area contributed by atoms with Gasteiger partial charge in [-0.25, -0.2) is 4.79 Å². The zero-order valence-electron chi connectivity index (χ0n) is 12.0. The van der Waals surface area contributed by atoms with Gasteiger partial charge >= 0.3 is 5.97 Å². The second kappa shape index (κ2) is 5.41. The van der Waals surface area contributed by atoms with Crippen LogP contribution in [0.3, 0.4) is 0 Å². The fraction of sp³-hybridized carbons (Fsp3) is 0.933. The van der Waals surface area contributed by atoms with E-state index >= 15 is 0 Å². The molecule has 3 heterocycles. The van der Waals surface area contributed by atoms with E-state index in [-0.39, 0.29) is 5.97 Å². The van der Waals surface area contributed by atoms with Crippen LogP contribution >= 0.6 is 0 Å². The Labute approximate surface area is 115 Å². The van der Waals surface area contributed by atoms with Crippen LogP contribution in [0.25, 0.3) is 0 Å². The Morgan fingerprint density at radius 3 is 2.37 bits per heavy atom. The maximum atomic E-state index is 12.4. The maximum absolute atomic E-state index is 12.4. The van der Waals surface area contributed by atoms with Crippen LogP contribution in [0.2, 0.25) is 0 Å². The molecule has 4 fully saturated rings. The van der Waals surface area contributed by atoms with Crippen LogP contribution in [0, 0.1) is 5.92 Å². The lowest BCUT2D eigenvalue weighted by molar-refractivity contribution is -0.159. The number of nitrogens with one attached hydrogen (secondary N) is 1. The fourth-order valence-electron chi connectivity index (χ4n) is 4.31. The van der Waals surface area contributed by atoms with Crippen molar-refractivity contribution < 1.29 is 9.53 Å². The summed E-state index contributed by atoms with van der Waals surface area (Å²) in [5, 5.41) is 3.74. The topological polar surface area (TPSA) is 41.6 Å². The number of ether oxygens (including phenoxy) is 1. The number of hydrogen-bond acceptors (Lipinski definition) is 4. The van der Waals surface area contributed by atoms with Crippen LogP contribution in [0.1, 0.15) is 44.9 Å².